The SMILES string of the molecule is O=C(O)c1ccc(S(=O)(=O)N2CCCC(c3ccc(Cl)c(Cl)c3)=N2)cc1. The second-order valence-corrected chi connectivity index (χ2v) is 8.32. The molecule has 6 nitrogen and oxygen atoms in total. The highest BCUT2D eigenvalue weighted by molar-refractivity contribution is 7.89. The molecule has 1 heterocycles. The first-order valence-electron chi connectivity index (χ1n) is 7.68. The molecule has 0 unspecified atom stereocenters. The molecule has 3 rings (SSSR count). The van der Waals surface area contributed by atoms with Crippen LogP contribution in [-0.4, -0.2) is 36.2 Å². The van der Waals surface area contributed by atoms with Crippen LogP contribution in [0.1, 0.15) is 28.8 Å². The summed E-state index contributed by atoms with van der Waals surface area (Å²) in [6, 6.07) is 10.1. The second kappa shape index (κ2) is 7.26. The number of hydrazone groups is 1. The molecule has 2 aromatic rings. The van der Waals surface area contributed by atoms with Gasteiger partial charge in [-0.1, -0.05) is 29.3 Å². The molecular formula is C17H14Cl2N2O4S. The molecule has 0 spiro atoms. The topological polar surface area (TPSA) is 87.0 Å². The van der Waals surface area contributed by atoms with Gasteiger partial charge in [-0.15, -0.1) is 0 Å². The number of halogens is 2. The number of rotatable bonds is 4. The van der Waals surface area contributed by atoms with Gasteiger partial charge in [0.25, 0.3) is 10.0 Å². The molecule has 0 aromatic heterocycles. The van der Waals surface area contributed by atoms with Crippen LogP contribution >= 0.6 is 23.2 Å². The zero-order valence-electron chi connectivity index (χ0n) is 13.4. The Morgan fingerprint density at radius 2 is 1.77 bits per heavy atom. The van der Waals surface area contributed by atoms with E-state index >= 15 is 0 Å². The van der Waals surface area contributed by atoms with E-state index in [4.69, 9.17) is 28.3 Å². The van der Waals surface area contributed by atoms with E-state index in [1.165, 1.54) is 24.3 Å². The molecule has 1 aliphatic rings. The summed E-state index contributed by atoms with van der Waals surface area (Å²) in [5.41, 5.74) is 1.32. The minimum atomic E-state index is -3.87. The van der Waals surface area contributed by atoms with E-state index in [-0.39, 0.29) is 17.0 Å². The number of nitrogens with zero attached hydrogens (tertiary/aromatic N) is 2. The van der Waals surface area contributed by atoms with Gasteiger partial charge in [0, 0.05) is 0 Å². The lowest BCUT2D eigenvalue weighted by atomic mass is 10.1. The van der Waals surface area contributed by atoms with Gasteiger partial charge in [0.15, 0.2) is 0 Å². The van der Waals surface area contributed by atoms with Gasteiger partial charge in [-0.3, -0.25) is 0 Å². The highest BCUT2D eigenvalue weighted by Gasteiger charge is 2.27. The summed E-state index contributed by atoms with van der Waals surface area (Å²) < 4.78 is 26.6. The first-order chi connectivity index (χ1) is 12.3. The number of carbonyl (C=O) groups is 1. The Kier molecular flexibility index (Phi) is 5.22. The van der Waals surface area contributed by atoms with Crippen LogP contribution in [0.15, 0.2) is 52.5 Å². The van der Waals surface area contributed by atoms with Gasteiger partial charge in [-0.25, -0.2) is 4.79 Å². The van der Waals surface area contributed by atoms with Gasteiger partial charge in [0.2, 0.25) is 0 Å². The summed E-state index contributed by atoms with van der Waals surface area (Å²) in [4.78, 5) is 10.9. The van der Waals surface area contributed by atoms with Gasteiger partial charge in [0.05, 0.1) is 32.8 Å². The molecule has 0 saturated carbocycles. The van der Waals surface area contributed by atoms with Gasteiger partial charge in [-0.05, 0) is 54.8 Å². The van der Waals surface area contributed by atoms with Crippen molar-refractivity contribution in [3.8, 4) is 0 Å². The smallest absolute Gasteiger partial charge is 0.335 e. The summed E-state index contributed by atoms with van der Waals surface area (Å²) in [5, 5.41) is 14.0. The fourth-order valence-corrected chi connectivity index (χ4v) is 4.16. The largest absolute Gasteiger partial charge is 0.478 e. The number of sulfonamides is 1. The molecule has 9 heteroatoms. The predicted molar refractivity (Wildman–Crippen MR) is 99.5 cm³/mol. The lowest BCUT2D eigenvalue weighted by Gasteiger charge is -2.25. The first kappa shape index (κ1) is 18.7. The maximum Gasteiger partial charge on any atom is 0.335 e. The lowest BCUT2D eigenvalue weighted by molar-refractivity contribution is 0.0696. The monoisotopic (exact) mass is 412 g/mol. The highest BCUT2D eigenvalue weighted by Crippen LogP contribution is 2.26. The van der Waals surface area contributed by atoms with Crippen molar-refractivity contribution < 1.29 is 18.3 Å². The Hall–Kier alpha value is -2.09. The van der Waals surface area contributed by atoms with Crippen molar-refractivity contribution in [2.24, 2.45) is 5.10 Å². The maximum absolute atomic E-state index is 12.8. The molecule has 0 atom stereocenters. The van der Waals surface area contributed by atoms with Crippen molar-refractivity contribution in [3.05, 3.63) is 63.6 Å². The van der Waals surface area contributed by atoms with Crippen molar-refractivity contribution in [1.29, 1.82) is 0 Å². The lowest BCUT2D eigenvalue weighted by Crippen LogP contribution is -2.32. The zero-order valence-corrected chi connectivity index (χ0v) is 15.7. The third kappa shape index (κ3) is 3.70. The molecule has 0 fully saturated rings. The van der Waals surface area contributed by atoms with Crippen LogP contribution in [-0.2, 0) is 10.0 Å². The Morgan fingerprint density at radius 1 is 1.08 bits per heavy atom. The van der Waals surface area contributed by atoms with Gasteiger partial charge in [-0.2, -0.15) is 17.9 Å². The van der Waals surface area contributed by atoms with Crippen LogP contribution in [0.25, 0.3) is 0 Å². The summed E-state index contributed by atoms with van der Waals surface area (Å²) >= 11 is 11.9. The van der Waals surface area contributed by atoms with Gasteiger partial charge in [0.1, 0.15) is 0 Å². The predicted octanol–water partition coefficient (Wildman–Crippen LogP) is 3.88. The van der Waals surface area contributed by atoms with E-state index in [0.717, 1.165) is 4.41 Å². The van der Waals surface area contributed by atoms with Crippen molar-refractivity contribution in [3.63, 3.8) is 0 Å². The van der Waals surface area contributed by atoms with E-state index in [1.54, 1.807) is 18.2 Å². The Morgan fingerprint density at radius 3 is 2.38 bits per heavy atom. The Bertz CT molecular complexity index is 988. The minimum Gasteiger partial charge on any atom is -0.478 e. The quantitative estimate of drug-likeness (QED) is 0.824. The van der Waals surface area contributed by atoms with Crippen molar-refractivity contribution in [2.75, 3.05) is 6.54 Å². The molecule has 0 bridgehead atoms. The standard InChI is InChI=1S/C17H14Cl2N2O4S/c18-14-8-5-12(10-15(14)19)16-2-1-9-21(20-16)26(24,25)13-6-3-11(4-7-13)17(22)23/h3-8,10H,1-2,9H2,(H,22,23). The Labute approximate surface area is 160 Å². The van der Waals surface area contributed by atoms with E-state index in [0.29, 0.717) is 34.2 Å². The fourth-order valence-electron chi connectivity index (χ4n) is 2.56. The van der Waals surface area contributed by atoms with Gasteiger partial charge < -0.3 is 5.11 Å². The fraction of sp³-hybridized carbons (Fsp3) is 0.176. The van der Waals surface area contributed by atoms with Gasteiger partial charge >= 0.3 is 5.97 Å². The zero-order chi connectivity index (χ0) is 18.9. The van der Waals surface area contributed by atoms with Crippen molar-refractivity contribution in [2.45, 2.75) is 17.7 Å². The minimum absolute atomic E-state index is 0.0124. The summed E-state index contributed by atoms with van der Waals surface area (Å²) in [6.07, 6.45) is 1.22. The summed E-state index contributed by atoms with van der Waals surface area (Å²) in [5.74, 6) is -1.12. The van der Waals surface area contributed by atoms with Crippen LogP contribution in [0, 0.1) is 0 Å². The third-order valence-electron chi connectivity index (χ3n) is 3.92. The molecule has 2 aromatic carbocycles. The molecule has 1 aliphatic heterocycles. The van der Waals surface area contributed by atoms with E-state index < -0.39 is 16.0 Å². The number of aromatic carboxylic acids is 1. The maximum atomic E-state index is 12.8. The van der Waals surface area contributed by atoms with Crippen LogP contribution in [0.4, 0.5) is 0 Å². The second-order valence-electron chi connectivity index (χ2n) is 5.66. The average Bonchev–Trinajstić information content (AvgIpc) is 2.64. The van der Waals surface area contributed by atoms with E-state index in [2.05, 4.69) is 5.10 Å². The number of hydrogen-bond acceptors (Lipinski definition) is 4. The van der Waals surface area contributed by atoms with Crippen LogP contribution in [0.5, 0.6) is 0 Å². The van der Waals surface area contributed by atoms with E-state index in [1.807, 2.05) is 0 Å². The molecule has 136 valence electrons. The molecule has 0 amide bonds. The number of carboxylic acid groups (broad SMARTS) is 1. The van der Waals surface area contributed by atoms with Crippen LogP contribution in [0.3, 0.4) is 0 Å². The van der Waals surface area contributed by atoms with Crippen LogP contribution < -0.4 is 0 Å². The third-order valence-corrected chi connectivity index (χ3v) is 6.35. The molecular weight excluding hydrogens is 399 g/mol. The molecule has 0 radical (unpaired) electrons. The highest BCUT2D eigenvalue weighted by atomic mass is 35.5. The molecule has 1 N–H and O–H groups in total. The normalized spacial score (nSPS) is 14.8. The summed E-state index contributed by atoms with van der Waals surface area (Å²) in [7, 11) is -3.87. The molecule has 0 aliphatic carbocycles. The summed E-state index contributed by atoms with van der Waals surface area (Å²) in [6.45, 7) is 0.244. The first-order valence-corrected chi connectivity index (χ1v) is 9.87. The van der Waals surface area contributed by atoms with Crippen molar-refractivity contribution >= 4 is 44.9 Å². The van der Waals surface area contributed by atoms with Crippen LogP contribution in [0.2, 0.25) is 10.0 Å². The van der Waals surface area contributed by atoms with E-state index in [9.17, 15) is 13.2 Å². The number of carboxylic acids is 1. The van der Waals surface area contributed by atoms with Crippen molar-refractivity contribution in [1.82, 2.24) is 4.41 Å². The average molecular weight is 413 g/mol. The Balaban J connectivity index is 1.94. The number of hydrogen-bond donors (Lipinski definition) is 1. The molecule has 26 heavy (non-hydrogen) atoms. The number of benzene rings is 2. The molecule has 0 saturated heterocycles.